The Labute approximate surface area is 116 Å². The van der Waals surface area contributed by atoms with Crippen molar-refractivity contribution in [3.05, 3.63) is 72.2 Å². The zero-order valence-corrected chi connectivity index (χ0v) is 11.0. The van der Waals surface area contributed by atoms with Crippen LogP contribution in [0, 0.1) is 5.82 Å². The highest BCUT2D eigenvalue weighted by Crippen LogP contribution is 2.12. The Morgan fingerprint density at radius 2 is 1.95 bits per heavy atom. The van der Waals surface area contributed by atoms with Crippen LogP contribution in [-0.4, -0.2) is 12.9 Å². The number of methoxy groups -OCH3 is 1. The van der Waals surface area contributed by atoms with Crippen LogP contribution in [-0.2, 0) is 0 Å². The molecule has 102 valence electrons. The molecule has 2 aromatic carbocycles. The first-order valence-electron chi connectivity index (χ1n) is 6.06. The molecule has 0 saturated heterocycles. The minimum Gasteiger partial charge on any atom is -0.497 e. The smallest absolute Gasteiger partial charge is 0.187 e. The molecule has 0 heterocycles. The van der Waals surface area contributed by atoms with Gasteiger partial charge in [0.25, 0.3) is 0 Å². The second kappa shape index (κ2) is 6.52. The van der Waals surface area contributed by atoms with E-state index in [-0.39, 0.29) is 11.6 Å². The summed E-state index contributed by atoms with van der Waals surface area (Å²) in [6.45, 7) is 0. The summed E-state index contributed by atoms with van der Waals surface area (Å²) in [6, 6.07) is 12.8. The fourth-order valence-electron chi connectivity index (χ4n) is 1.64. The van der Waals surface area contributed by atoms with Crippen molar-refractivity contribution in [2.45, 2.75) is 0 Å². The third-order valence-corrected chi connectivity index (χ3v) is 2.68. The Morgan fingerprint density at radius 3 is 2.60 bits per heavy atom. The summed E-state index contributed by atoms with van der Waals surface area (Å²) in [5.41, 5.74) is 1.15. The van der Waals surface area contributed by atoms with Crippen LogP contribution in [0.15, 0.2) is 60.8 Å². The standard InChI is InChI=1S/C16H14FNO2/c1-20-15-7-5-12(6-8-15)16(19)9-10-18-14-4-2-3-13(17)11-14/h2-11,18H,1H3. The van der Waals surface area contributed by atoms with Crippen LogP contribution < -0.4 is 10.1 Å². The number of hydrogen-bond acceptors (Lipinski definition) is 3. The van der Waals surface area contributed by atoms with Gasteiger partial charge in [0.05, 0.1) is 7.11 Å². The Bertz CT molecular complexity index is 621. The molecule has 1 N–H and O–H groups in total. The van der Waals surface area contributed by atoms with Crippen LogP contribution in [0.25, 0.3) is 0 Å². The molecule has 3 nitrogen and oxygen atoms in total. The molecule has 0 aromatic heterocycles. The fourth-order valence-corrected chi connectivity index (χ4v) is 1.64. The molecule has 0 bridgehead atoms. The largest absolute Gasteiger partial charge is 0.497 e. The molecule has 0 fully saturated rings. The lowest BCUT2D eigenvalue weighted by Gasteiger charge is -2.01. The maximum Gasteiger partial charge on any atom is 0.187 e. The summed E-state index contributed by atoms with van der Waals surface area (Å²) in [6.07, 6.45) is 2.88. The predicted molar refractivity (Wildman–Crippen MR) is 76.5 cm³/mol. The number of ketones is 1. The van der Waals surface area contributed by atoms with Gasteiger partial charge < -0.3 is 10.1 Å². The van der Waals surface area contributed by atoms with Gasteiger partial charge in [0.1, 0.15) is 11.6 Å². The van der Waals surface area contributed by atoms with E-state index in [0.29, 0.717) is 17.0 Å². The third-order valence-electron chi connectivity index (χ3n) is 2.68. The van der Waals surface area contributed by atoms with Crippen LogP contribution in [0.1, 0.15) is 10.4 Å². The predicted octanol–water partition coefficient (Wildman–Crippen LogP) is 3.64. The SMILES string of the molecule is COc1ccc(C(=O)C=CNc2cccc(F)c2)cc1. The molecule has 0 radical (unpaired) electrons. The lowest BCUT2D eigenvalue weighted by molar-refractivity contribution is 0.104. The van der Waals surface area contributed by atoms with Gasteiger partial charge in [0.2, 0.25) is 0 Å². The third kappa shape index (κ3) is 3.68. The Hall–Kier alpha value is -2.62. The zero-order valence-electron chi connectivity index (χ0n) is 11.0. The van der Waals surface area contributed by atoms with Crippen molar-refractivity contribution < 1.29 is 13.9 Å². The van der Waals surface area contributed by atoms with E-state index < -0.39 is 0 Å². The topological polar surface area (TPSA) is 38.3 Å². The number of rotatable bonds is 5. The van der Waals surface area contributed by atoms with Crippen molar-refractivity contribution in [1.82, 2.24) is 0 Å². The molecule has 0 aliphatic heterocycles. The summed E-state index contributed by atoms with van der Waals surface area (Å²) in [5.74, 6) is 0.227. The van der Waals surface area contributed by atoms with Gasteiger partial charge in [0.15, 0.2) is 5.78 Å². The van der Waals surface area contributed by atoms with Crippen LogP contribution in [0.5, 0.6) is 5.75 Å². The van der Waals surface area contributed by atoms with Gasteiger partial charge in [-0.2, -0.15) is 0 Å². The van der Waals surface area contributed by atoms with E-state index in [0.717, 1.165) is 0 Å². The molecule has 4 heteroatoms. The Kier molecular flexibility index (Phi) is 4.50. The highest BCUT2D eigenvalue weighted by Gasteiger charge is 2.01. The minimum absolute atomic E-state index is 0.142. The number of carbonyl (C=O) groups excluding carboxylic acids is 1. The molecule has 2 rings (SSSR count). The number of hydrogen-bond donors (Lipinski definition) is 1. The quantitative estimate of drug-likeness (QED) is 0.666. The fraction of sp³-hybridized carbons (Fsp3) is 0.0625. The maximum absolute atomic E-state index is 12.9. The Balaban J connectivity index is 1.98. The lowest BCUT2D eigenvalue weighted by Crippen LogP contribution is -1.96. The zero-order chi connectivity index (χ0) is 14.4. The minimum atomic E-state index is -0.329. The van der Waals surface area contributed by atoms with Crippen molar-refractivity contribution in [2.24, 2.45) is 0 Å². The maximum atomic E-state index is 12.9. The number of nitrogens with one attached hydrogen (secondary N) is 1. The average Bonchev–Trinajstić information content (AvgIpc) is 2.47. The van der Waals surface area contributed by atoms with Crippen molar-refractivity contribution in [3.8, 4) is 5.75 Å². The summed E-state index contributed by atoms with van der Waals surface area (Å²) in [7, 11) is 1.57. The highest BCUT2D eigenvalue weighted by atomic mass is 19.1. The van der Waals surface area contributed by atoms with E-state index in [9.17, 15) is 9.18 Å². The van der Waals surface area contributed by atoms with E-state index in [1.807, 2.05) is 0 Å². The normalized spacial score (nSPS) is 10.5. The van der Waals surface area contributed by atoms with Gasteiger partial charge >= 0.3 is 0 Å². The summed E-state index contributed by atoms with van der Waals surface area (Å²) in [5, 5.41) is 2.84. The van der Waals surface area contributed by atoms with Crippen molar-refractivity contribution in [1.29, 1.82) is 0 Å². The molecule has 0 saturated carbocycles. The molecule has 0 spiro atoms. The summed E-state index contributed by atoms with van der Waals surface area (Å²) < 4.78 is 18.0. The number of allylic oxidation sites excluding steroid dienone is 1. The molecular weight excluding hydrogens is 257 g/mol. The van der Waals surface area contributed by atoms with Crippen molar-refractivity contribution in [2.75, 3.05) is 12.4 Å². The second-order valence-corrected chi connectivity index (χ2v) is 4.08. The van der Waals surface area contributed by atoms with Gasteiger partial charge in [-0.15, -0.1) is 0 Å². The molecule has 20 heavy (non-hydrogen) atoms. The summed E-state index contributed by atoms with van der Waals surface area (Å²) in [4.78, 5) is 11.9. The molecular formula is C16H14FNO2. The molecule has 0 unspecified atom stereocenters. The average molecular weight is 271 g/mol. The molecule has 0 atom stereocenters. The van der Waals surface area contributed by atoms with Crippen molar-refractivity contribution in [3.63, 3.8) is 0 Å². The lowest BCUT2D eigenvalue weighted by atomic mass is 10.1. The van der Waals surface area contributed by atoms with E-state index in [2.05, 4.69) is 5.32 Å². The number of ether oxygens (including phenoxy) is 1. The van der Waals surface area contributed by atoms with E-state index in [4.69, 9.17) is 4.74 Å². The molecule has 0 aliphatic carbocycles. The monoisotopic (exact) mass is 271 g/mol. The first-order valence-corrected chi connectivity index (χ1v) is 6.06. The number of anilines is 1. The van der Waals surface area contributed by atoms with Crippen molar-refractivity contribution >= 4 is 11.5 Å². The number of benzene rings is 2. The summed E-state index contributed by atoms with van der Waals surface area (Å²) >= 11 is 0. The van der Waals surface area contributed by atoms with Crippen LogP contribution in [0.4, 0.5) is 10.1 Å². The van der Waals surface area contributed by atoms with Crippen LogP contribution in [0.3, 0.4) is 0 Å². The van der Waals surface area contributed by atoms with E-state index in [1.165, 1.54) is 24.4 Å². The second-order valence-electron chi connectivity index (χ2n) is 4.08. The molecule has 0 amide bonds. The van der Waals surface area contributed by atoms with E-state index in [1.54, 1.807) is 43.5 Å². The van der Waals surface area contributed by atoms with Gasteiger partial charge in [-0.05, 0) is 42.5 Å². The van der Waals surface area contributed by atoms with Crippen LogP contribution in [0.2, 0.25) is 0 Å². The van der Waals surface area contributed by atoms with Gasteiger partial charge in [-0.25, -0.2) is 4.39 Å². The molecule has 0 aliphatic rings. The number of halogens is 1. The number of carbonyl (C=O) groups is 1. The first kappa shape index (κ1) is 13.8. The van der Waals surface area contributed by atoms with Gasteiger partial charge in [-0.3, -0.25) is 4.79 Å². The van der Waals surface area contributed by atoms with E-state index >= 15 is 0 Å². The highest BCUT2D eigenvalue weighted by molar-refractivity contribution is 6.04. The Morgan fingerprint density at radius 1 is 1.20 bits per heavy atom. The van der Waals surface area contributed by atoms with Gasteiger partial charge in [0, 0.05) is 23.5 Å². The van der Waals surface area contributed by atoms with Gasteiger partial charge in [-0.1, -0.05) is 6.07 Å². The first-order chi connectivity index (χ1) is 9.69. The van der Waals surface area contributed by atoms with Crippen LogP contribution >= 0.6 is 0 Å². The molecule has 2 aromatic rings.